The highest BCUT2D eigenvalue weighted by Gasteiger charge is 2.44. The molecule has 3 aliphatic heterocycles. The Morgan fingerprint density at radius 2 is 1.82 bits per heavy atom. The summed E-state index contributed by atoms with van der Waals surface area (Å²) in [7, 11) is 0. The molecule has 2 aromatic rings. The fraction of sp³-hybridized carbons (Fsp3) is 0.565. The molecule has 3 fully saturated rings. The molecule has 0 spiro atoms. The molecule has 6 nitrogen and oxygen atoms in total. The molecule has 11 heteroatoms. The number of rotatable bonds is 3. The summed E-state index contributed by atoms with van der Waals surface area (Å²) in [5.74, 6) is -3.09. The van der Waals surface area contributed by atoms with E-state index < -0.39 is 30.4 Å². The predicted molar refractivity (Wildman–Crippen MR) is 117 cm³/mol. The molecule has 184 valence electrons. The van der Waals surface area contributed by atoms with Gasteiger partial charge in [0.15, 0.2) is 0 Å². The zero-order valence-electron chi connectivity index (χ0n) is 18.5. The lowest BCUT2D eigenvalue weighted by molar-refractivity contribution is -0.141. The first-order valence-corrected chi connectivity index (χ1v) is 11.5. The molecule has 2 atom stereocenters. The summed E-state index contributed by atoms with van der Waals surface area (Å²) >= 11 is 0. The molecule has 34 heavy (non-hydrogen) atoms. The minimum atomic E-state index is -4.53. The van der Waals surface area contributed by atoms with E-state index in [-0.39, 0.29) is 24.9 Å². The summed E-state index contributed by atoms with van der Waals surface area (Å²) in [4.78, 5) is 21.9. The molecule has 0 bridgehead atoms. The fourth-order valence-electron chi connectivity index (χ4n) is 5.22. The summed E-state index contributed by atoms with van der Waals surface area (Å²) in [6.45, 7) is 2.48. The molecule has 3 saturated heterocycles. The lowest BCUT2D eigenvalue weighted by Gasteiger charge is -2.39. The Morgan fingerprint density at radius 3 is 2.50 bits per heavy atom. The van der Waals surface area contributed by atoms with Crippen molar-refractivity contribution in [1.82, 2.24) is 20.1 Å². The number of anilines is 1. The highest BCUT2D eigenvalue weighted by atomic mass is 19.4. The van der Waals surface area contributed by atoms with Crippen molar-refractivity contribution in [3.05, 3.63) is 36.0 Å². The van der Waals surface area contributed by atoms with E-state index in [0.717, 1.165) is 6.07 Å². The molecule has 1 N–H and O–H groups in total. The molecular formula is C23H26F5N5O. The van der Waals surface area contributed by atoms with Gasteiger partial charge in [0.1, 0.15) is 5.69 Å². The van der Waals surface area contributed by atoms with Gasteiger partial charge in [0.2, 0.25) is 5.91 Å². The average Bonchev–Trinajstić information content (AvgIpc) is 3.44. The van der Waals surface area contributed by atoms with E-state index >= 15 is 0 Å². The van der Waals surface area contributed by atoms with E-state index in [2.05, 4.69) is 15.2 Å². The molecular weight excluding hydrogens is 457 g/mol. The number of hydrogen-bond acceptors (Lipinski definition) is 5. The number of hydrogen-bond donors (Lipinski definition) is 1. The van der Waals surface area contributed by atoms with Crippen molar-refractivity contribution in [2.24, 2.45) is 0 Å². The van der Waals surface area contributed by atoms with Crippen molar-refractivity contribution in [2.45, 2.75) is 37.0 Å². The van der Waals surface area contributed by atoms with Crippen LogP contribution in [0.15, 0.2) is 30.3 Å². The van der Waals surface area contributed by atoms with E-state index in [1.807, 2.05) is 4.90 Å². The predicted octanol–water partition coefficient (Wildman–Crippen LogP) is 2.97. The van der Waals surface area contributed by atoms with Crippen LogP contribution in [0, 0.1) is 0 Å². The first kappa shape index (κ1) is 23.2. The number of piperazine rings is 1. The van der Waals surface area contributed by atoms with Gasteiger partial charge < -0.3 is 15.1 Å². The Bertz CT molecular complexity index is 1070. The molecule has 1 aromatic heterocycles. The molecule has 3 aliphatic rings. The second kappa shape index (κ2) is 8.60. The summed E-state index contributed by atoms with van der Waals surface area (Å²) in [6, 6.07) is 7.55. The summed E-state index contributed by atoms with van der Waals surface area (Å²) in [5.41, 5.74) is -0.0776. The molecule has 0 radical (unpaired) electrons. The van der Waals surface area contributed by atoms with Gasteiger partial charge in [-0.1, -0.05) is 18.2 Å². The van der Waals surface area contributed by atoms with Crippen LogP contribution < -0.4 is 10.2 Å². The normalized spacial score (nSPS) is 25.9. The zero-order chi connectivity index (χ0) is 24.1. The van der Waals surface area contributed by atoms with Crippen molar-refractivity contribution in [3.8, 4) is 0 Å². The van der Waals surface area contributed by atoms with Crippen LogP contribution in [0.5, 0.6) is 0 Å². The van der Waals surface area contributed by atoms with Gasteiger partial charge in [-0.15, -0.1) is 0 Å². The molecule has 1 amide bonds. The van der Waals surface area contributed by atoms with E-state index in [4.69, 9.17) is 0 Å². The number of benzene rings is 1. The lowest BCUT2D eigenvalue weighted by atomic mass is 10.1. The quantitative estimate of drug-likeness (QED) is 0.681. The number of nitrogens with zero attached hydrogens (tertiary/aromatic N) is 4. The Morgan fingerprint density at radius 1 is 1.09 bits per heavy atom. The third kappa shape index (κ3) is 4.55. The lowest BCUT2D eigenvalue weighted by Crippen LogP contribution is -2.51. The summed E-state index contributed by atoms with van der Waals surface area (Å²) in [5, 5.41) is 3.85. The van der Waals surface area contributed by atoms with E-state index in [9.17, 15) is 26.7 Å². The molecule has 0 aliphatic carbocycles. The van der Waals surface area contributed by atoms with Crippen LogP contribution >= 0.6 is 0 Å². The van der Waals surface area contributed by atoms with Crippen molar-refractivity contribution in [3.63, 3.8) is 0 Å². The number of carbonyl (C=O) groups is 1. The third-order valence-electron chi connectivity index (χ3n) is 7.04. The maximum absolute atomic E-state index is 13.5. The van der Waals surface area contributed by atoms with Crippen LogP contribution in [0.2, 0.25) is 0 Å². The van der Waals surface area contributed by atoms with E-state index in [1.54, 1.807) is 24.3 Å². The topological polar surface area (TPSA) is 51.7 Å². The van der Waals surface area contributed by atoms with Crippen molar-refractivity contribution >= 4 is 22.5 Å². The monoisotopic (exact) mass is 483 g/mol. The average molecular weight is 483 g/mol. The zero-order valence-corrected chi connectivity index (χ0v) is 18.5. The first-order valence-electron chi connectivity index (χ1n) is 11.5. The number of aromatic nitrogens is 1. The largest absolute Gasteiger partial charge is 0.433 e. The Balaban J connectivity index is 1.24. The molecule has 5 rings (SSSR count). The van der Waals surface area contributed by atoms with Gasteiger partial charge >= 0.3 is 6.18 Å². The van der Waals surface area contributed by atoms with Crippen LogP contribution in [0.1, 0.15) is 18.5 Å². The van der Waals surface area contributed by atoms with Gasteiger partial charge in [0, 0.05) is 62.8 Å². The number of halogens is 5. The number of nitrogens with one attached hydrogen (secondary N) is 1. The Hall–Kier alpha value is -2.53. The number of fused-ring (bicyclic) bond motifs is 1. The second-order valence-electron chi connectivity index (χ2n) is 9.28. The Labute approximate surface area is 193 Å². The maximum atomic E-state index is 13.5. The smallest absolute Gasteiger partial charge is 0.368 e. The number of carbonyl (C=O) groups excluding carboxylic acids is 1. The standard InChI is InChI=1S/C23H26F5N5O/c24-22(25)5-6-33(14-22)21(34)18-11-15(13-29-18)31-7-9-32(10-8-31)19-12-20(23(26,27)28)30-17-4-2-1-3-16(17)19/h1-4,12,15,18,29H,5-11,13-14H2/t15-,18-/m0/s1. The van der Waals surface area contributed by atoms with Crippen molar-refractivity contribution in [1.29, 1.82) is 0 Å². The number of likely N-dealkylation sites (tertiary alicyclic amines) is 1. The minimum Gasteiger partial charge on any atom is -0.368 e. The number of para-hydroxylation sites is 1. The van der Waals surface area contributed by atoms with Gasteiger partial charge in [0.05, 0.1) is 18.1 Å². The van der Waals surface area contributed by atoms with Gasteiger partial charge in [0.25, 0.3) is 5.92 Å². The van der Waals surface area contributed by atoms with Crippen LogP contribution in [-0.2, 0) is 11.0 Å². The van der Waals surface area contributed by atoms with Crippen LogP contribution in [0.3, 0.4) is 0 Å². The molecule has 0 saturated carbocycles. The highest BCUT2D eigenvalue weighted by molar-refractivity contribution is 5.92. The minimum absolute atomic E-state index is 0.0765. The van der Waals surface area contributed by atoms with E-state index in [0.29, 0.717) is 55.7 Å². The van der Waals surface area contributed by atoms with Crippen molar-refractivity contribution in [2.75, 3.05) is 50.7 Å². The van der Waals surface area contributed by atoms with Gasteiger partial charge in [-0.05, 0) is 18.6 Å². The highest BCUT2D eigenvalue weighted by Crippen LogP contribution is 2.35. The molecule has 0 unspecified atom stereocenters. The second-order valence-corrected chi connectivity index (χ2v) is 9.28. The van der Waals surface area contributed by atoms with Crippen LogP contribution in [0.25, 0.3) is 10.9 Å². The maximum Gasteiger partial charge on any atom is 0.433 e. The van der Waals surface area contributed by atoms with Crippen LogP contribution in [-0.4, -0.2) is 84.5 Å². The fourth-order valence-corrected chi connectivity index (χ4v) is 5.22. The van der Waals surface area contributed by atoms with Gasteiger partial charge in [-0.25, -0.2) is 13.8 Å². The summed E-state index contributed by atoms with van der Waals surface area (Å²) in [6.07, 6.45) is -4.29. The molecule has 1 aromatic carbocycles. The number of amides is 1. The summed E-state index contributed by atoms with van der Waals surface area (Å²) < 4.78 is 67.2. The van der Waals surface area contributed by atoms with Gasteiger partial charge in [-0.3, -0.25) is 9.69 Å². The number of pyridine rings is 1. The molecule has 4 heterocycles. The van der Waals surface area contributed by atoms with E-state index in [1.165, 1.54) is 4.90 Å². The van der Waals surface area contributed by atoms with Crippen LogP contribution in [0.4, 0.5) is 27.6 Å². The third-order valence-corrected chi connectivity index (χ3v) is 7.04. The Kier molecular flexibility index (Phi) is 5.87. The van der Waals surface area contributed by atoms with Crippen molar-refractivity contribution < 1.29 is 26.7 Å². The van der Waals surface area contributed by atoms with Gasteiger partial charge in [-0.2, -0.15) is 13.2 Å². The SMILES string of the molecule is O=C([C@@H]1C[C@H](N2CCN(c3cc(C(F)(F)F)nc4ccccc34)CC2)CN1)N1CCC(F)(F)C1. The first-order chi connectivity index (χ1) is 16.1. The number of alkyl halides is 5.